The van der Waals surface area contributed by atoms with Crippen LogP contribution in [0.15, 0.2) is 48.5 Å². The van der Waals surface area contributed by atoms with Gasteiger partial charge in [-0.2, -0.15) is 0 Å². The number of rotatable bonds is 6. The van der Waals surface area contributed by atoms with Gasteiger partial charge < -0.3 is 5.32 Å². The van der Waals surface area contributed by atoms with Crippen molar-refractivity contribution in [3.05, 3.63) is 71.0 Å². The van der Waals surface area contributed by atoms with Gasteiger partial charge in [-0.3, -0.25) is 0 Å². The number of hydrogen-bond acceptors (Lipinski definition) is 1. The molecule has 0 spiro atoms. The van der Waals surface area contributed by atoms with Crippen LogP contribution in [-0.2, 0) is 6.42 Å². The third-order valence-corrected chi connectivity index (χ3v) is 3.51. The number of aryl methyl sites for hydroxylation is 1. The minimum absolute atomic E-state index is 0.0809. The van der Waals surface area contributed by atoms with E-state index in [1.165, 1.54) is 11.6 Å². The first kappa shape index (κ1) is 14.7. The van der Waals surface area contributed by atoms with Crippen molar-refractivity contribution in [1.29, 1.82) is 0 Å². The predicted octanol–water partition coefficient (Wildman–Crippen LogP) is 4.48. The standard InChI is InChI=1S/C18H22FN/c1-3-12-20-18(16-10-5-6-11-17(16)19)15-9-7-8-14(4-2)13-15/h5-11,13,18,20H,3-4,12H2,1-2H3. The van der Waals surface area contributed by atoms with Gasteiger partial charge in [0.05, 0.1) is 6.04 Å². The average Bonchev–Trinajstić information content (AvgIpc) is 2.49. The fourth-order valence-corrected chi connectivity index (χ4v) is 2.40. The molecule has 2 heteroatoms. The van der Waals surface area contributed by atoms with Gasteiger partial charge in [0.15, 0.2) is 0 Å². The molecule has 0 saturated heterocycles. The largest absolute Gasteiger partial charge is 0.306 e. The second kappa shape index (κ2) is 7.20. The van der Waals surface area contributed by atoms with Gasteiger partial charge in [-0.1, -0.05) is 56.3 Å². The van der Waals surface area contributed by atoms with E-state index >= 15 is 0 Å². The third-order valence-electron chi connectivity index (χ3n) is 3.51. The third kappa shape index (κ3) is 3.45. The molecule has 0 aliphatic carbocycles. The molecule has 0 fully saturated rings. The first-order valence-corrected chi connectivity index (χ1v) is 7.33. The minimum Gasteiger partial charge on any atom is -0.306 e. The monoisotopic (exact) mass is 271 g/mol. The highest BCUT2D eigenvalue weighted by molar-refractivity contribution is 5.35. The Morgan fingerprint density at radius 1 is 1.05 bits per heavy atom. The highest BCUT2D eigenvalue weighted by Gasteiger charge is 2.16. The van der Waals surface area contributed by atoms with Gasteiger partial charge in [0.2, 0.25) is 0 Å². The summed E-state index contributed by atoms with van der Waals surface area (Å²) in [5, 5.41) is 3.45. The van der Waals surface area contributed by atoms with Gasteiger partial charge in [-0.05, 0) is 36.6 Å². The van der Waals surface area contributed by atoms with Crippen LogP contribution in [-0.4, -0.2) is 6.54 Å². The predicted molar refractivity (Wildman–Crippen MR) is 82.4 cm³/mol. The van der Waals surface area contributed by atoms with E-state index in [4.69, 9.17) is 0 Å². The van der Waals surface area contributed by atoms with Crippen LogP contribution < -0.4 is 5.32 Å². The van der Waals surface area contributed by atoms with Gasteiger partial charge in [-0.15, -0.1) is 0 Å². The lowest BCUT2D eigenvalue weighted by atomic mass is 9.96. The summed E-state index contributed by atoms with van der Waals surface area (Å²) in [6.07, 6.45) is 2.02. The molecule has 2 aromatic rings. The van der Waals surface area contributed by atoms with Crippen molar-refractivity contribution in [2.24, 2.45) is 0 Å². The molecule has 0 aliphatic rings. The van der Waals surface area contributed by atoms with Gasteiger partial charge >= 0.3 is 0 Å². The van der Waals surface area contributed by atoms with Crippen LogP contribution in [0.4, 0.5) is 4.39 Å². The summed E-state index contributed by atoms with van der Waals surface area (Å²) in [6, 6.07) is 15.3. The molecule has 0 radical (unpaired) electrons. The van der Waals surface area contributed by atoms with E-state index in [1.54, 1.807) is 6.07 Å². The molecule has 2 aromatic carbocycles. The van der Waals surface area contributed by atoms with E-state index in [9.17, 15) is 4.39 Å². The zero-order valence-electron chi connectivity index (χ0n) is 12.2. The SMILES string of the molecule is CCCNC(c1cccc(CC)c1)c1ccccc1F. The Morgan fingerprint density at radius 2 is 1.85 bits per heavy atom. The minimum atomic E-state index is -0.150. The second-order valence-corrected chi connectivity index (χ2v) is 5.01. The molecule has 1 nitrogen and oxygen atoms in total. The molecule has 1 atom stereocenters. The zero-order chi connectivity index (χ0) is 14.4. The van der Waals surface area contributed by atoms with Crippen molar-refractivity contribution in [3.8, 4) is 0 Å². The highest BCUT2D eigenvalue weighted by atomic mass is 19.1. The molecule has 0 bridgehead atoms. The summed E-state index contributed by atoms with van der Waals surface area (Å²) in [6.45, 7) is 5.12. The van der Waals surface area contributed by atoms with Gasteiger partial charge in [0.1, 0.15) is 5.82 Å². The van der Waals surface area contributed by atoms with Crippen LogP contribution in [0.2, 0.25) is 0 Å². The number of hydrogen-bond donors (Lipinski definition) is 1. The first-order chi connectivity index (χ1) is 9.76. The summed E-state index contributed by atoms with van der Waals surface area (Å²) < 4.78 is 14.1. The molecule has 2 rings (SSSR count). The lowest BCUT2D eigenvalue weighted by molar-refractivity contribution is 0.546. The Morgan fingerprint density at radius 3 is 2.55 bits per heavy atom. The quantitative estimate of drug-likeness (QED) is 0.817. The van der Waals surface area contributed by atoms with Crippen LogP contribution in [0.3, 0.4) is 0 Å². The molecule has 0 heterocycles. The topological polar surface area (TPSA) is 12.0 Å². The highest BCUT2D eigenvalue weighted by Crippen LogP contribution is 2.25. The molecule has 0 aliphatic heterocycles. The molecule has 0 saturated carbocycles. The Labute approximate surface area is 120 Å². The number of nitrogens with one attached hydrogen (secondary N) is 1. The summed E-state index contributed by atoms with van der Waals surface area (Å²) in [5.74, 6) is -0.150. The molecular formula is C18H22FN. The van der Waals surface area contributed by atoms with Crippen molar-refractivity contribution < 1.29 is 4.39 Å². The smallest absolute Gasteiger partial charge is 0.128 e. The van der Waals surface area contributed by atoms with Crippen molar-refractivity contribution in [3.63, 3.8) is 0 Å². The lowest BCUT2D eigenvalue weighted by Gasteiger charge is -2.20. The van der Waals surface area contributed by atoms with E-state index < -0.39 is 0 Å². The lowest BCUT2D eigenvalue weighted by Crippen LogP contribution is -2.24. The van der Waals surface area contributed by atoms with E-state index in [-0.39, 0.29) is 11.9 Å². The van der Waals surface area contributed by atoms with E-state index in [1.807, 2.05) is 12.1 Å². The maximum Gasteiger partial charge on any atom is 0.128 e. The van der Waals surface area contributed by atoms with Crippen LogP contribution in [0.25, 0.3) is 0 Å². The van der Waals surface area contributed by atoms with Crippen LogP contribution in [0.5, 0.6) is 0 Å². The molecule has 20 heavy (non-hydrogen) atoms. The molecule has 106 valence electrons. The molecule has 0 amide bonds. The summed E-state index contributed by atoms with van der Waals surface area (Å²) in [4.78, 5) is 0. The van der Waals surface area contributed by atoms with Gasteiger partial charge in [0.25, 0.3) is 0 Å². The molecular weight excluding hydrogens is 249 g/mol. The van der Waals surface area contributed by atoms with E-state index in [2.05, 4.69) is 43.4 Å². The maximum absolute atomic E-state index is 14.1. The average molecular weight is 271 g/mol. The Kier molecular flexibility index (Phi) is 5.31. The number of halogens is 1. The zero-order valence-corrected chi connectivity index (χ0v) is 12.2. The Balaban J connectivity index is 2.38. The van der Waals surface area contributed by atoms with Crippen molar-refractivity contribution in [2.45, 2.75) is 32.7 Å². The summed E-state index contributed by atoms with van der Waals surface area (Å²) in [7, 11) is 0. The summed E-state index contributed by atoms with van der Waals surface area (Å²) >= 11 is 0. The van der Waals surface area contributed by atoms with Gasteiger partial charge in [0, 0.05) is 5.56 Å². The maximum atomic E-state index is 14.1. The summed E-state index contributed by atoms with van der Waals surface area (Å²) in [5.41, 5.74) is 3.12. The fraction of sp³-hybridized carbons (Fsp3) is 0.333. The van der Waals surface area contributed by atoms with Crippen LogP contribution >= 0.6 is 0 Å². The van der Waals surface area contributed by atoms with Crippen molar-refractivity contribution in [1.82, 2.24) is 5.32 Å². The number of benzene rings is 2. The molecule has 0 aromatic heterocycles. The van der Waals surface area contributed by atoms with Crippen LogP contribution in [0.1, 0.15) is 43.0 Å². The molecule has 1 N–H and O–H groups in total. The van der Waals surface area contributed by atoms with E-state index in [0.29, 0.717) is 5.56 Å². The van der Waals surface area contributed by atoms with E-state index in [0.717, 1.165) is 24.9 Å². The van der Waals surface area contributed by atoms with Crippen molar-refractivity contribution in [2.75, 3.05) is 6.54 Å². The van der Waals surface area contributed by atoms with Gasteiger partial charge in [-0.25, -0.2) is 4.39 Å². The van der Waals surface area contributed by atoms with Crippen LogP contribution in [0, 0.1) is 5.82 Å². The fourth-order valence-electron chi connectivity index (χ4n) is 2.40. The van der Waals surface area contributed by atoms with Crippen molar-refractivity contribution >= 4 is 0 Å². The second-order valence-electron chi connectivity index (χ2n) is 5.01. The Bertz CT molecular complexity index is 551. The molecule has 1 unspecified atom stereocenters. The normalized spacial score (nSPS) is 12.3. The first-order valence-electron chi connectivity index (χ1n) is 7.33. The Hall–Kier alpha value is -1.67.